The van der Waals surface area contributed by atoms with Crippen LogP contribution in [0.15, 0.2) is 0 Å². The predicted molar refractivity (Wildman–Crippen MR) is 43.2 cm³/mol. The number of ether oxygens (including phenoxy) is 1. The summed E-state index contributed by atoms with van der Waals surface area (Å²) in [6.07, 6.45) is 7.87. The average Bonchev–Trinajstić information content (AvgIpc) is 2.07. The van der Waals surface area contributed by atoms with Gasteiger partial charge in [-0.25, -0.2) is 0 Å². The van der Waals surface area contributed by atoms with Gasteiger partial charge in [0.05, 0.1) is 6.61 Å². The lowest BCUT2D eigenvalue weighted by Crippen LogP contribution is -2.08. The Morgan fingerprint density at radius 1 is 1.27 bits per heavy atom. The molecule has 2 heteroatoms. The summed E-state index contributed by atoms with van der Waals surface area (Å²) >= 11 is 0. The Balaban J connectivity index is 2.00. The van der Waals surface area contributed by atoms with E-state index in [0.717, 1.165) is 12.3 Å². The Labute approximate surface area is 67.9 Å². The molecule has 0 bridgehead atoms. The van der Waals surface area contributed by atoms with Crippen LogP contribution in [0.2, 0.25) is 0 Å². The molecule has 0 saturated heterocycles. The van der Waals surface area contributed by atoms with Crippen molar-refractivity contribution in [3.63, 3.8) is 0 Å². The first kappa shape index (κ1) is 8.57. The lowest BCUT2D eigenvalue weighted by molar-refractivity contribution is -0.129. The van der Waals surface area contributed by atoms with Crippen molar-refractivity contribution in [1.29, 1.82) is 0 Å². The van der Waals surface area contributed by atoms with Gasteiger partial charge in [0.1, 0.15) is 0 Å². The molecule has 0 atom stereocenters. The van der Waals surface area contributed by atoms with Crippen LogP contribution in [0, 0.1) is 5.92 Å². The van der Waals surface area contributed by atoms with Gasteiger partial charge >= 0.3 is 0 Å². The Kier molecular flexibility index (Phi) is 4.02. The number of rotatable bonds is 4. The normalized spacial score (nSPS) is 19.6. The zero-order valence-electron chi connectivity index (χ0n) is 6.92. The number of carbonyl (C=O) groups excluding carboxylic acids is 1. The molecule has 0 amide bonds. The highest BCUT2D eigenvalue weighted by molar-refractivity contribution is 5.36. The largest absolute Gasteiger partial charge is 0.468 e. The van der Waals surface area contributed by atoms with E-state index in [9.17, 15) is 4.79 Å². The molecule has 0 heterocycles. The second-order valence-corrected chi connectivity index (χ2v) is 3.26. The summed E-state index contributed by atoms with van der Waals surface area (Å²) < 4.78 is 4.66. The Morgan fingerprint density at radius 2 is 2.00 bits per heavy atom. The topological polar surface area (TPSA) is 26.3 Å². The molecule has 0 aromatic rings. The van der Waals surface area contributed by atoms with Crippen LogP contribution >= 0.6 is 0 Å². The van der Waals surface area contributed by atoms with Gasteiger partial charge < -0.3 is 4.74 Å². The maximum Gasteiger partial charge on any atom is 0.293 e. The minimum absolute atomic E-state index is 0.544. The van der Waals surface area contributed by atoms with E-state index in [4.69, 9.17) is 0 Å². The van der Waals surface area contributed by atoms with Crippen LogP contribution in [0.25, 0.3) is 0 Å². The van der Waals surface area contributed by atoms with E-state index in [0.29, 0.717) is 13.1 Å². The van der Waals surface area contributed by atoms with Crippen molar-refractivity contribution < 1.29 is 9.53 Å². The third kappa shape index (κ3) is 3.40. The molecule has 1 aliphatic carbocycles. The number of carbonyl (C=O) groups is 1. The SMILES string of the molecule is O=COCCC1CCCCC1. The molecule has 0 radical (unpaired) electrons. The minimum Gasteiger partial charge on any atom is -0.468 e. The third-order valence-corrected chi connectivity index (χ3v) is 2.44. The van der Waals surface area contributed by atoms with Crippen LogP contribution in [0.5, 0.6) is 0 Å². The predicted octanol–water partition coefficient (Wildman–Crippen LogP) is 2.13. The summed E-state index contributed by atoms with van der Waals surface area (Å²) in [6, 6.07) is 0. The van der Waals surface area contributed by atoms with Crippen LogP contribution in [0.3, 0.4) is 0 Å². The fourth-order valence-corrected chi connectivity index (χ4v) is 1.76. The molecule has 0 N–H and O–H groups in total. The van der Waals surface area contributed by atoms with Crippen molar-refractivity contribution in [2.75, 3.05) is 6.61 Å². The molecular weight excluding hydrogens is 140 g/mol. The molecule has 1 saturated carbocycles. The van der Waals surface area contributed by atoms with Gasteiger partial charge in [0.15, 0.2) is 0 Å². The quantitative estimate of drug-likeness (QED) is 0.460. The zero-order chi connectivity index (χ0) is 7.94. The number of hydrogen-bond donors (Lipinski definition) is 0. The van der Waals surface area contributed by atoms with Crippen LogP contribution in [-0.2, 0) is 9.53 Å². The van der Waals surface area contributed by atoms with Crippen LogP contribution in [-0.4, -0.2) is 13.1 Å². The third-order valence-electron chi connectivity index (χ3n) is 2.44. The lowest BCUT2D eigenvalue weighted by Gasteiger charge is -2.20. The molecular formula is C9H16O2. The van der Waals surface area contributed by atoms with Gasteiger partial charge in [0.2, 0.25) is 0 Å². The second-order valence-electron chi connectivity index (χ2n) is 3.26. The average molecular weight is 156 g/mol. The number of hydrogen-bond acceptors (Lipinski definition) is 2. The molecule has 0 aromatic heterocycles. The van der Waals surface area contributed by atoms with Crippen molar-refractivity contribution in [2.45, 2.75) is 38.5 Å². The van der Waals surface area contributed by atoms with E-state index in [-0.39, 0.29) is 0 Å². The smallest absolute Gasteiger partial charge is 0.293 e. The highest BCUT2D eigenvalue weighted by atomic mass is 16.5. The van der Waals surface area contributed by atoms with Crippen LogP contribution in [0.4, 0.5) is 0 Å². The van der Waals surface area contributed by atoms with Gasteiger partial charge in [-0.05, 0) is 12.3 Å². The summed E-state index contributed by atoms with van der Waals surface area (Å²) in [6.45, 7) is 1.16. The Hall–Kier alpha value is -0.530. The fraction of sp³-hybridized carbons (Fsp3) is 0.889. The van der Waals surface area contributed by atoms with E-state index in [1.165, 1.54) is 32.1 Å². The summed E-state index contributed by atoms with van der Waals surface area (Å²) in [7, 11) is 0. The van der Waals surface area contributed by atoms with E-state index in [1.54, 1.807) is 0 Å². The minimum atomic E-state index is 0.544. The molecule has 0 aliphatic heterocycles. The van der Waals surface area contributed by atoms with E-state index in [2.05, 4.69) is 4.74 Å². The van der Waals surface area contributed by atoms with Gasteiger partial charge in [0, 0.05) is 0 Å². The summed E-state index contributed by atoms with van der Waals surface area (Å²) in [5.74, 6) is 0.823. The van der Waals surface area contributed by atoms with Gasteiger partial charge in [0.25, 0.3) is 6.47 Å². The first-order chi connectivity index (χ1) is 5.43. The molecule has 1 aliphatic rings. The summed E-state index contributed by atoms with van der Waals surface area (Å²) in [5, 5.41) is 0. The van der Waals surface area contributed by atoms with Gasteiger partial charge in [-0.3, -0.25) is 4.79 Å². The molecule has 2 nitrogen and oxygen atoms in total. The Bertz CT molecular complexity index is 106. The summed E-state index contributed by atoms with van der Waals surface area (Å²) in [5.41, 5.74) is 0. The first-order valence-electron chi connectivity index (χ1n) is 4.48. The summed E-state index contributed by atoms with van der Waals surface area (Å²) in [4.78, 5) is 9.82. The maximum atomic E-state index is 9.82. The molecule has 0 unspecified atom stereocenters. The van der Waals surface area contributed by atoms with Crippen molar-refractivity contribution in [2.24, 2.45) is 5.92 Å². The molecule has 1 fully saturated rings. The van der Waals surface area contributed by atoms with Crippen molar-refractivity contribution in [1.82, 2.24) is 0 Å². The standard InChI is InChI=1S/C9H16O2/c10-8-11-7-6-9-4-2-1-3-5-9/h8-9H,1-7H2. The van der Waals surface area contributed by atoms with Crippen molar-refractivity contribution in [3.8, 4) is 0 Å². The second kappa shape index (κ2) is 5.16. The Morgan fingerprint density at radius 3 is 2.64 bits per heavy atom. The molecule has 11 heavy (non-hydrogen) atoms. The molecule has 0 spiro atoms. The van der Waals surface area contributed by atoms with Crippen molar-refractivity contribution >= 4 is 6.47 Å². The molecule has 1 rings (SSSR count). The zero-order valence-corrected chi connectivity index (χ0v) is 6.92. The molecule has 64 valence electrons. The monoisotopic (exact) mass is 156 g/mol. The van der Waals surface area contributed by atoms with Crippen LogP contribution in [0.1, 0.15) is 38.5 Å². The maximum absolute atomic E-state index is 9.82. The lowest BCUT2D eigenvalue weighted by atomic mass is 9.87. The van der Waals surface area contributed by atoms with E-state index >= 15 is 0 Å². The first-order valence-corrected chi connectivity index (χ1v) is 4.48. The highest BCUT2D eigenvalue weighted by Gasteiger charge is 2.12. The van der Waals surface area contributed by atoms with Gasteiger partial charge in [-0.1, -0.05) is 32.1 Å². The van der Waals surface area contributed by atoms with E-state index in [1.807, 2.05) is 0 Å². The van der Waals surface area contributed by atoms with Crippen molar-refractivity contribution in [3.05, 3.63) is 0 Å². The fourth-order valence-electron chi connectivity index (χ4n) is 1.76. The highest BCUT2D eigenvalue weighted by Crippen LogP contribution is 2.25. The van der Waals surface area contributed by atoms with E-state index < -0.39 is 0 Å². The van der Waals surface area contributed by atoms with Crippen LogP contribution < -0.4 is 0 Å². The molecule has 0 aromatic carbocycles. The van der Waals surface area contributed by atoms with Gasteiger partial charge in [-0.15, -0.1) is 0 Å². The van der Waals surface area contributed by atoms with Gasteiger partial charge in [-0.2, -0.15) is 0 Å².